The number of urea groups is 1. The van der Waals surface area contributed by atoms with Crippen molar-refractivity contribution in [2.75, 3.05) is 25.6 Å². The fourth-order valence-corrected chi connectivity index (χ4v) is 2.65. The number of thioether (sulfide) groups is 1. The first-order valence-electron chi connectivity index (χ1n) is 7.63. The van der Waals surface area contributed by atoms with Gasteiger partial charge in [0.05, 0.1) is 0 Å². The van der Waals surface area contributed by atoms with Crippen LogP contribution in [0.15, 0.2) is 0 Å². The minimum Gasteiger partial charge on any atom is -0.481 e. The number of aliphatic carboxylic acids is 1. The molecule has 0 fully saturated rings. The van der Waals surface area contributed by atoms with Gasteiger partial charge in [-0.05, 0) is 44.1 Å². The number of carbonyl (C=O) groups is 2. The molecule has 0 rings (SSSR count). The van der Waals surface area contributed by atoms with Gasteiger partial charge >= 0.3 is 12.0 Å². The molecule has 0 radical (unpaired) electrons. The number of carboxylic acids is 1. The van der Waals surface area contributed by atoms with Crippen molar-refractivity contribution in [2.24, 2.45) is 5.92 Å². The number of amides is 2. The fraction of sp³-hybridized carbons (Fsp3) is 0.867. The third-order valence-corrected chi connectivity index (χ3v) is 4.54. The van der Waals surface area contributed by atoms with Gasteiger partial charge in [-0.25, -0.2) is 4.79 Å². The van der Waals surface area contributed by atoms with Crippen molar-refractivity contribution in [3.63, 3.8) is 0 Å². The van der Waals surface area contributed by atoms with E-state index in [9.17, 15) is 9.59 Å². The largest absolute Gasteiger partial charge is 0.481 e. The molecule has 124 valence electrons. The minimum atomic E-state index is -0.750. The number of hydrogen-bond donors (Lipinski definition) is 2. The zero-order valence-corrected chi connectivity index (χ0v) is 14.5. The molecule has 0 aromatic carbocycles. The van der Waals surface area contributed by atoms with E-state index >= 15 is 0 Å². The summed E-state index contributed by atoms with van der Waals surface area (Å²) in [4.78, 5) is 24.3. The van der Waals surface area contributed by atoms with Gasteiger partial charge in [-0.2, -0.15) is 11.8 Å². The van der Waals surface area contributed by atoms with Gasteiger partial charge in [0.25, 0.3) is 0 Å². The molecule has 0 spiro atoms. The highest BCUT2D eigenvalue weighted by Crippen LogP contribution is 2.14. The number of hydrogen-bond acceptors (Lipinski definition) is 3. The zero-order chi connectivity index (χ0) is 16.3. The summed E-state index contributed by atoms with van der Waals surface area (Å²) >= 11 is 1.79. The van der Waals surface area contributed by atoms with E-state index in [1.54, 1.807) is 16.7 Å². The summed E-state index contributed by atoms with van der Waals surface area (Å²) in [7, 11) is 1.82. The van der Waals surface area contributed by atoms with Crippen molar-refractivity contribution in [3.8, 4) is 0 Å². The van der Waals surface area contributed by atoms with E-state index in [0.29, 0.717) is 18.9 Å². The first-order chi connectivity index (χ1) is 9.92. The zero-order valence-electron chi connectivity index (χ0n) is 13.7. The lowest BCUT2D eigenvalue weighted by Crippen LogP contribution is -2.43. The molecule has 0 aliphatic rings. The van der Waals surface area contributed by atoms with Crippen LogP contribution in [0.4, 0.5) is 4.79 Å². The van der Waals surface area contributed by atoms with Crippen LogP contribution < -0.4 is 5.32 Å². The smallest absolute Gasteiger partial charge is 0.317 e. The molecular formula is C15H30N2O3S. The van der Waals surface area contributed by atoms with Crippen molar-refractivity contribution in [2.45, 2.75) is 52.0 Å². The van der Waals surface area contributed by atoms with E-state index in [4.69, 9.17) is 5.11 Å². The Balaban J connectivity index is 3.97. The summed E-state index contributed by atoms with van der Waals surface area (Å²) in [5, 5.41) is 11.6. The lowest BCUT2D eigenvalue weighted by molar-refractivity contribution is -0.137. The lowest BCUT2D eigenvalue weighted by Gasteiger charge is -2.25. The van der Waals surface area contributed by atoms with Gasteiger partial charge < -0.3 is 15.3 Å². The Morgan fingerprint density at radius 3 is 2.48 bits per heavy atom. The molecule has 21 heavy (non-hydrogen) atoms. The summed E-state index contributed by atoms with van der Waals surface area (Å²) in [5.74, 6) is 0.659. The van der Waals surface area contributed by atoms with Crippen molar-refractivity contribution >= 4 is 23.8 Å². The number of carbonyl (C=O) groups excluding carboxylic acids is 1. The molecule has 2 unspecified atom stereocenters. The van der Waals surface area contributed by atoms with Crippen LogP contribution in [0.5, 0.6) is 0 Å². The van der Waals surface area contributed by atoms with E-state index in [1.165, 1.54) is 0 Å². The number of carboxylic acid groups (broad SMARTS) is 1. The second-order valence-corrected chi connectivity index (χ2v) is 6.45. The first-order valence-corrected chi connectivity index (χ1v) is 9.03. The predicted octanol–water partition coefficient (Wildman–Crippen LogP) is 3.05. The Kier molecular flexibility index (Phi) is 11.2. The standard InChI is InChI=1S/C15H30N2O3S/c1-5-13(6-7-14(18)19)8-10-16-15(20)17(3)12(2)9-11-21-4/h12-13H,5-11H2,1-4H3,(H,16,20)(H,18,19). The van der Waals surface area contributed by atoms with E-state index in [2.05, 4.69) is 25.4 Å². The summed E-state index contributed by atoms with van der Waals surface area (Å²) in [6.45, 7) is 4.72. The van der Waals surface area contributed by atoms with Gasteiger partial charge in [-0.1, -0.05) is 13.3 Å². The van der Waals surface area contributed by atoms with E-state index < -0.39 is 5.97 Å². The quantitative estimate of drug-likeness (QED) is 0.614. The number of nitrogens with zero attached hydrogens (tertiary/aromatic N) is 1. The molecule has 0 saturated heterocycles. The predicted molar refractivity (Wildman–Crippen MR) is 88.9 cm³/mol. The topological polar surface area (TPSA) is 69.6 Å². The molecule has 2 N–H and O–H groups in total. The minimum absolute atomic E-state index is 0.0447. The normalized spacial score (nSPS) is 13.5. The molecule has 0 bridgehead atoms. The third-order valence-electron chi connectivity index (χ3n) is 3.89. The Labute approximate surface area is 132 Å². The molecule has 0 heterocycles. The van der Waals surface area contributed by atoms with Crippen LogP contribution in [0.3, 0.4) is 0 Å². The Hall–Kier alpha value is -0.910. The molecule has 6 heteroatoms. The van der Waals surface area contributed by atoms with Gasteiger partial charge in [0.1, 0.15) is 0 Å². The van der Waals surface area contributed by atoms with Crippen LogP contribution in [0.25, 0.3) is 0 Å². The van der Waals surface area contributed by atoms with Crippen LogP contribution in [-0.4, -0.2) is 53.6 Å². The van der Waals surface area contributed by atoms with Crippen molar-refractivity contribution in [3.05, 3.63) is 0 Å². The van der Waals surface area contributed by atoms with Crippen molar-refractivity contribution in [1.82, 2.24) is 10.2 Å². The molecule has 0 aliphatic carbocycles. The number of rotatable bonds is 11. The molecule has 0 aliphatic heterocycles. The van der Waals surface area contributed by atoms with Crippen LogP contribution in [0.2, 0.25) is 0 Å². The van der Waals surface area contributed by atoms with Gasteiger partial charge in [-0.3, -0.25) is 4.79 Å². The second-order valence-electron chi connectivity index (χ2n) is 5.47. The second kappa shape index (κ2) is 11.7. The maximum Gasteiger partial charge on any atom is 0.317 e. The lowest BCUT2D eigenvalue weighted by atomic mass is 9.97. The molecule has 2 atom stereocenters. The summed E-state index contributed by atoms with van der Waals surface area (Å²) in [6.07, 6.45) is 5.72. The highest BCUT2D eigenvalue weighted by molar-refractivity contribution is 7.98. The number of nitrogens with one attached hydrogen (secondary N) is 1. The van der Waals surface area contributed by atoms with Crippen molar-refractivity contribution in [1.29, 1.82) is 0 Å². The van der Waals surface area contributed by atoms with Gasteiger partial charge in [0.15, 0.2) is 0 Å². The Morgan fingerprint density at radius 1 is 1.29 bits per heavy atom. The van der Waals surface area contributed by atoms with Gasteiger partial charge in [0.2, 0.25) is 0 Å². The molecule has 2 amide bonds. The SMILES string of the molecule is CCC(CCNC(=O)N(C)C(C)CCSC)CCC(=O)O. The van der Waals surface area contributed by atoms with Crippen LogP contribution in [0, 0.1) is 5.92 Å². The summed E-state index contributed by atoms with van der Waals surface area (Å²) in [5.41, 5.74) is 0. The van der Waals surface area contributed by atoms with E-state index in [-0.39, 0.29) is 18.5 Å². The van der Waals surface area contributed by atoms with Gasteiger partial charge in [0, 0.05) is 26.1 Å². The summed E-state index contributed by atoms with van der Waals surface area (Å²) < 4.78 is 0. The van der Waals surface area contributed by atoms with Gasteiger partial charge in [-0.15, -0.1) is 0 Å². The van der Waals surface area contributed by atoms with Crippen molar-refractivity contribution < 1.29 is 14.7 Å². The maximum absolute atomic E-state index is 12.0. The monoisotopic (exact) mass is 318 g/mol. The average Bonchev–Trinajstić information content (AvgIpc) is 2.46. The first kappa shape index (κ1) is 20.1. The molecule has 0 aromatic heterocycles. The third kappa shape index (κ3) is 9.61. The molecule has 5 nitrogen and oxygen atoms in total. The highest BCUT2D eigenvalue weighted by Gasteiger charge is 2.15. The van der Waals surface area contributed by atoms with E-state index in [0.717, 1.165) is 25.0 Å². The maximum atomic E-state index is 12.0. The van der Waals surface area contributed by atoms with Crippen LogP contribution in [-0.2, 0) is 4.79 Å². The Morgan fingerprint density at radius 2 is 1.95 bits per heavy atom. The molecule has 0 saturated carbocycles. The Bertz CT molecular complexity index is 313. The molecule has 0 aromatic rings. The summed E-state index contributed by atoms with van der Waals surface area (Å²) in [6, 6.07) is 0.183. The van der Waals surface area contributed by atoms with Crippen LogP contribution >= 0.6 is 11.8 Å². The average molecular weight is 318 g/mol. The fourth-order valence-electron chi connectivity index (χ4n) is 2.07. The molecular weight excluding hydrogens is 288 g/mol. The highest BCUT2D eigenvalue weighted by atomic mass is 32.2. The van der Waals surface area contributed by atoms with E-state index in [1.807, 2.05) is 7.05 Å². The van der Waals surface area contributed by atoms with Crippen LogP contribution in [0.1, 0.15) is 46.0 Å².